The fourth-order valence-corrected chi connectivity index (χ4v) is 3.24. The molecule has 2 rings (SSSR count). The van der Waals surface area contributed by atoms with Crippen LogP contribution in [0.3, 0.4) is 0 Å². The third-order valence-electron chi connectivity index (χ3n) is 2.90. The van der Waals surface area contributed by atoms with Crippen molar-refractivity contribution in [3.05, 3.63) is 63.1 Å². The molecule has 0 unspecified atom stereocenters. The molecule has 0 radical (unpaired) electrons. The van der Waals surface area contributed by atoms with Gasteiger partial charge in [0.1, 0.15) is 0 Å². The Kier molecular flexibility index (Phi) is 6.80. The van der Waals surface area contributed by atoms with Gasteiger partial charge >= 0.3 is 0 Å². The van der Waals surface area contributed by atoms with Crippen molar-refractivity contribution in [3.8, 4) is 0 Å². The van der Waals surface area contributed by atoms with Crippen LogP contribution < -0.4 is 10.1 Å². The van der Waals surface area contributed by atoms with Gasteiger partial charge in [0.2, 0.25) is 10.0 Å². The first-order chi connectivity index (χ1) is 11.8. The molecule has 0 aliphatic carbocycles. The van der Waals surface area contributed by atoms with Crippen molar-refractivity contribution in [2.75, 3.05) is 6.54 Å². The third-order valence-corrected chi connectivity index (χ3v) is 5.13. The first-order valence-corrected chi connectivity index (χ1v) is 9.42. The van der Waals surface area contributed by atoms with Crippen LogP contribution in [0.1, 0.15) is 5.56 Å². The van der Waals surface area contributed by atoms with E-state index in [1.807, 2.05) is 0 Å². The molecule has 2 aromatic carbocycles. The number of sulfonamides is 1. The van der Waals surface area contributed by atoms with Gasteiger partial charge in [0.05, 0.1) is 22.7 Å². The SMILES string of the molecule is O=C(CNS(=O)(=O)c1ccc(Cl)cc1)N/N=C\c1ccc(Cl)cc1Cl. The standard InChI is InChI=1S/C15H12Cl3N3O3S/c16-11-3-5-13(6-4-11)25(23,24)20-9-15(22)21-19-8-10-1-2-12(17)7-14(10)18/h1-8,20H,9H2,(H,21,22)/b19-8-. The third kappa shape index (κ3) is 5.98. The summed E-state index contributed by atoms with van der Waals surface area (Å²) >= 11 is 17.4. The van der Waals surface area contributed by atoms with Gasteiger partial charge in [-0.25, -0.2) is 18.6 Å². The van der Waals surface area contributed by atoms with Crippen molar-refractivity contribution in [3.63, 3.8) is 0 Å². The molecule has 1 amide bonds. The number of hydrazone groups is 1. The molecule has 0 aliphatic rings. The van der Waals surface area contributed by atoms with Gasteiger partial charge in [-0.2, -0.15) is 5.10 Å². The quantitative estimate of drug-likeness (QED) is 0.556. The zero-order valence-electron chi connectivity index (χ0n) is 12.5. The van der Waals surface area contributed by atoms with Gasteiger partial charge in [0.15, 0.2) is 0 Å². The second-order valence-corrected chi connectivity index (χ2v) is 7.78. The minimum Gasteiger partial charge on any atom is -0.272 e. The normalized spacial score (nSPS) is 11.6. The molecule has 132 valence electrons. The van der Waals surface area contributed by atoms with Gasteiger partial charge in [-0.05, 0) is 36.4 Å². The van der Waals surface area contributed by atoms with Crippen molar-refractivity contribution < 1.29 is 13.2 Å². The van der Waals surface area contributed by atoms with E-state index in [2.05, 4.69) is 15.2 Å². The summed E-state index contributed by atoms with van der Waals surface area (Å²) in [6.07, 6.45) is 1.32. The number of halogens is 3. The van der Waals surface area contributed by atoms with Crippen LogP contribution in [0, 0.1) is 0 Å². The first kappa shape index (κ1) is 19.7. The summed E-state index contributed by atoms with van der Waals surface area (Å²) in [4.78, 5) is 11.7. The average Bonchev–Trinajstić information content (AvgIpc) is 2.55. The molecule has 2 N–H and O–H groups in total. The Labute approximate surface area is 159 Å². The summed E-state index contributed by atoms with van der Waals surface area (Å²) in [6, 6.07) is 10.3. The monoisotopic (exact) mass is 419 g/mol. The van der Waals surface area contributed by atoms with Crippen molar-refractivity contribution in [1.82, 2.24) is 10.1 Å². The highest BCUT2D eigenvalue weighted by atomic mass is 35.5. The Morgan fingerprint density at radius 3 is 2.32 bits per heavy atom. The lowest BCUT2D eigenvalue weighted by molar-refractivity contribution is -0.119. The Morgan fingerprint density at radius 1 is 1.04 bits per heavy atom. The molecule has 6 nitrogen and oxygen atoms in total. The van der Waals surface area contributed by atoms with Crippen LogP contribution in [0.15, 0.2) is 52.5 Å². The molecule has 0 saturated carbocycles. The lowest BCUT2D eigenvalue weighted by Gasteiger charge is -2.06. The molecule has 2 aromatic rings. The van der Waals surface area contributed by atoms with Gasteiger partial charge in [-0.1, -0.05) is 40.9 Å². The van der Waals surface area contributed by atoms with E-state index in [1.165, 1.54) is 36.5 Å². The van der Waals surface area contributed by atoms with E-state index in [9.17, 15) is 13.2 Å². The van der Waals surface area contributed by atoms with Gasteiger partial charge in [0.25, 0.3) is 5.91 Å². The molecular weight excluding hydrogens is 409 g/mol. The van der Waals surface area contributed by atoms with Crippen LogP contribution in [0.5, 0.6) is 0 Å². The van der Waals surface area contributed by atoms with Gasteiger partial charge in [0, 0.05) is 15.6 Å². The summed E-state index contributed by atoms with van der Waals surface area (Å²) < 4.78 is 26.2. The number of rotatable bonds is 6. The van der Waals surface area contributed by atoms with Crippen LogP contribution >= 0.6 is 34.8 Å². The van der Waals surface area contributed by atoms with E-state index in [0.29, 0.717) is 20.6 Å². The number of nitrogens with zero attached hydrogens (tertiary/aromatic N) is 1. The highest BCUT2D eigenvalue weighted by Gasteiger charge is 2.15. The summed E-state index contributed by atoms with van der Waals surface area (Å²) in [6.45, 7) is -0.476. The van der Waals surface area contributed by atoms with Gasteiger partial charge < -0.3 is 0 Å². The maximum absolute atomic E-state index is 12.0. The fraction of sp³-hybridized carbons (Fsp3) is 0.0667. The van der Waals surface area contributed by atoms with Crippen LogP contribution in [0.4, 0.5) is 0 Å². The highest BCUT2D eigenvalue weighted by molar-refractivity contribution is 7.89. The summed E-state index contributed by atoms with van der Waals surface area (Å²) in [5.74, 6) is -0.640. The van der Waals surface area contributed by atoms with Crippen LogP contribution in [0.2, 0.25) is 15.1 Å². The van der Waals surface area contributed by atoms with E-state index < -0.39 is 22.5 Å². The number of hydrogen-bond acceptors (Lipinski definition) is 4. The number of carbonyl (C=O) groups excluding carboxylic acids is 1. The van der Waals surface area contributed by atoms with Crippen molar-refractivity contribution in [2.24, 2.45) is 5.10 Å². The molecule has 0 aromatic heterocycles. The number of benzene rings is 2. The molecule has 0 fully saturated rings. The van der Waals surface area contributed by atoms with E-state index in [4.69, 9.17) is 34.8 Å². The minimum atomic E-state index is -3.82. The second kappa shape index (κ2) is 8.64. The predicted octanol–water partition coefficient (Wildman–Crippen LogP) is 3.08. The van der Waals surface area contributed by atoms with Crippen molar-refractivity contribution >= 4 is 56.9 Å². The van der Waals surface area contributed by atoms with Crippen molar-refractivity contribution in [2.45, 2.75) is 4.90 Å². The van der Waals surface area contributed by atoms with Crippen LogP contribution in [-0.4, -0.2) is 27.1 Å². The Morgan fingerprint density at radius 2 is 1.68 bits per heavy atom. The van der Waals surface area contributed by atoms with Gasteiger partial charge in [-0.15, -0.1) is 0 Å². The van der Waals surface area contributed by atoms with E-state index in [0.717, 1.165) is 0 Å². The van der Waals surface area contributed by atoms with Crippen molar-refractivity contribution in [1.29, 1.82) is 0 Å². The molecule has 0 heterocycles. The highest BCUT2D eigenvalue weighted by Crippen LogP contribution is 2.19. The maximum atomic E-state index is 12.0. The molecule has 0 aliphatic heterocycles. The van der Waals surface area contributed by atoms with Crippen LogP contribution in [0.25, 0.3) is 0 Å². The molecule has 0 bridgehead atoms. The summed E-state index contributed by atoms with van der Waals surface area (Å²) in [5.41, 5.74) is 2.75. The Bertz CT molecular complexity index is 900. The van der Waals surface area contributed by atoms with E-state index >= 15 is 0 Å². The molecule has 25 heavy (non-hydrogen) atoms. The molecule has 0 saturated heterocycles. The Hall–Kier alpha value is -1.64. The zero-order valence-corrected chi connectivity index (χ0v) is 15.6. The minimum absolute atomic E-state index is 0.00106. The topological polar surface area (TPSA) is 87.6 Å². The maximum Gasteiger partial charge on any atom is 0.255 e. The zero-order chi connectivity index (χ0) is 18.4. The number of carbonyl (C=O) groups is 1. The van der Waals surface area contributed by atoms with E-state index in [1.54, 1.807) is 12.1 Å². The fourth-order valence-electron chi connectivity index (χ4n) is 1.68. The largest absolute Gasteiger partial charge is 0.272 e. The number of nitrogens with one attached hydrogen (secondary N) is 2. The van der Waals surface area contributed by atoms with Crippen LogP contribution in [-0.2, 0) is 14.8 Å². The second-order valence-electron chi connectivity index (χ2n) is 4.74. The average molecular weight is 421 g/mol. The molecule has 10 heteroatoms. The molecular formula is C15H12Cl3N3O3S. The van der Waals surface area contributed by atoms with E-state index in [-0.39, 0.29) is 4.90 Å². The first-order valence-electron chi connectivity index (χ1n) is 6.80. The molecule has 0 atom stereocenters. The molecule has 0 spiro atoms. The number of amides is 1. The smallest absolute Gasteiger partial charge is 0.255 e. The van der Waals surface area contributed by atoms with Gasteiger partial charge in [-0.3, -0.25) is 4.79 Å². The Balaban J connectivity index is 1.90. The number of hydrogen-bond donors (Lipinski definition) is 2. The lowest BCUT2D eigenvalue weighted by Crippen LogP contribution is -2.34. The lowest BCUT2D eigenvalue weighted by atomic mass is 10.2. The summed E-state index contributed by atoms with van der Waals surface area (Å²) in [5, 5.41) is 4.97. The summed E-state index contributed by atoms with van der Waals surface area (Å²) in [7, 11) is -3.82. The predicted molar refractivity (Wildman–Crippen MR) is 98.8 cm³/mol.